The molecular formula is C10H14N2O. The van der Waals surface area contributed by atoms with Crippen LogP contribution in [-0.4, -0.2) is 14.9 Å². The van der Waals surface area contributed by atoms with Gasteiger partial charge in [-0.2, -0.15) is 5.10 Å². The van der Waals surface area contributed by atoms with Crippen LogP contribution in [0.15, 0.2) is 25.4 Å². The average molecular weight is 178 g/mol. The summed E-state index contributed by atoms with van der Waals surface area (Å²) in [5.74, 6) is 0. The van der Waals surface area contributed by atoms with E-state index in [0.29, 0.717) is 12.1 Å². The second kappa shape index (κ2) is 4.05. The van der Waals surface area contributed by atoms with Gasteiger partial charge in [-0.05, 0) is 6.42 Å². The molecule has 0 spiro atoms. The second-order valence-corrected chi connectivity index (χ2v) is 2.89. The number of hydrogen-bond acceptors (Lipinski definition) is 2. The van der Waals surface area contributed by atoms with Gasteiger partial charge in [-0.15, -0.1) is 6.58 Å². The van der Waals surface area contributed by atoms with E-state index in [-0.39, 0.29) is 0 Å². The molecule has 0 aliphatic heterocycles. The van der Waals surface area contributed by atoms with E-state index in [0.717, 1.165) is 5.56 Å². The van der Waals surface area contributed by atoms with Crippen molar-refractivity contribution >= 4 is 6.08 Å². The molecule has 1 aromatic rings. The number of aliphatic hydroxyl groups is 1. The maximum Gasteiger partial charge on any atom is 0.102 e. The van der Waals surface area contributed by atoms with Crippen LogP contribution >= 0.6 is 0 Å². The predicted octanol–water partition coefficient (Wildman–Crippen LogP) is 1.67. The number of aliphatic hydroxyl groups excluding tert-OH is 1. The molecule has 1 atom stereocenters. The van der Waals surface area contributed by atoms with Gasteiger partial charge in [0.05, 0.1) is 5.69 Å². The lowest BCUT2D eigenvalue weighted by molar-refractivity contribution is 0.175. The van der Waals surface area contributed by atoms with Gasteiger partial charge in [-0.25, -0.2) is 0 Å². The van der Waals surface area contributed by atoms with E-state index in [2.05, 4.69) is 18.3 Å². The molecule has 1 N–H and O–H groups in total. The monoisotopic (exact) mass is 178 g/mol. The predicted molar refractivity (Wildman–Crippen MR) is 53.1 cm³/mol. The van der Waals surface area contributed by atoms with Gasteiger partial charge in [-0.3, -0.25) is 4.68 Å². The van der Waals surface area contributed by atoms with Crippen molar-refractivity contribution in [2.24, 2.45) is 7.05 Å². The first-order valence-corrected chi connectivity index (χ1v) is 4.14. The SMILES string of the molecule is C=CCC(O)c1nn(C)cc1C=C. The molecule has 0 fully saturated rings. The van der Waals surface area contributed by atoms with Crippen molar-refractivity contribution in [1.82, 2.24) is 9.78 Å². The van der Waals surface area contributed by atoms with Gasteiger partial charge in [0.15, 0.2) is 0 Å². The Morgan fingerprint density at radius 2 is 2.38 bits per heavy atom. The van der Waals surface area contributed by atoms with Crippen LogP contribution in [0, 0.1) is 0 Å². The van der Waals surface area contributed by atoms with Crippen LogP contribution in [0.1, 0.15) is 23.8 Å². The summed E-state index contributed by atoms with van der Waals surface area (Å²) in [6.45, 7) is 7.23. The van der Waals surface area contributed by atoms with Gasteiger partial charge in [0.2, 0.25) is 0 Å². The molecule has 0 aliphatic carbocycles. The zero-order valence-corrected chi connectivity index (χ0v) is 7.77. The number of aryl methyl sites for hydroxylation is 1. The highest BCUT2D eigenvalue weighted by Crippen LogP contribution is 2.19. The van der Waals surface area contributed by atoms with E-state index in [1.165, 1.54) is 0 Å². The normalized spacial score (nSPS) is 12.5. The third-order valence-electron chi connectivity index (χ3n) is 1.81. The van der Waals surface area contributed by atoms with Gasteiger partial charge in [-0.1, -0.05) is 18.7 Å². The first-order valence-electron chi connectivity index (χ1n) is 4.14. The van der Waals surface area contributed by atoms with Gasteiger partial charge in [0.25, 0.3) is 0 Å². The van der Waals surface area contributed by atoms with E-state index >= 15 is 0 Å². The Balaban J connectivity index is 2.97. The molecular weight excluding hydrogens is 164 g/mol. The van der Waals surface area contributed by atoms with Crippen molar-refractivity contribution in [3.8, 4) is 0 Å². The van der Waals surface area contributed by atoms with Crippen molar-refractivity contribution in [3.05, 3.63) is 36.7 Å². The summed E-state index contributed by atoms with van der Waals surface area (Å²) in [6.07, 6.45) is 5.12. The Morgan fingerprint density at radius 3 is 2.92 bits per heavy atom. The van der Waals surface area contributed by atoms with Crippen LogP contribution in [0.2, 0.25) is 0 Å². The molecule has 3 nitrogen and oxygen atoms in total. The summed E-state index contributed by atoms with van der Waals surface area (Å²) in [5, 5.41) is 13.8. The molecule has 3 heteroatoms. The molecule has 0 radical (unpaired) electrons. The topological polar surface area (TPSA) is 38.1 Å². The van der Waals surface area contributed by atoms with Gasteiger partial charge < -0.3 is 5.11 Å². The van der Waals surface area contributed by atoms with Gasteiger partial charge in [0.1, 0.15) is 6.10 Å². The van der Waals surface area contributed by atoms with E-state index < -0.39 is 6.10 Å². The molecule has 70 valence electrons. The third-order valence-corrected chi connectivity index (χ3v) is 1.81. The van der Waals surface area contributed by atoms with E-state index in [4.69, 9.17) is 0 Å². The van der Waals surface area contributed by atoms with E-state index in [1.807, 2.05) is 13.2 Å². The molecule has 1 rings (SSSR count). The highest BCUT2D eigenvalue weighted by atomic mass is 16.3. The summed E-state index contributed by atoms with van der Waals surface area (Å²) in [7, 11) is 1.82. The van der Waals surface area contributed by atoms with Crippen molar-refractivity contribution in [2.45, 2.75) is 12.5 Å². The van der Waals surface area contributed by atoms with Crippen LogP contribution < -0.4 is 0 Å². The van der Waals surface area contributed by atoms with Crippen molar-refractivity contribution < 1.29 is 5.11 Å². The van der Waals surface area contributed by atoms with E-state index in [9.17, 15) is 5.11 Å². The summed E-state index contributed by atoms with van der Waals surface area (Å²) in [4.78, 5) is 0. The highest BCUT2D eigenvalue weighted by Gasteiger charge is 2.12. The second-order valence-electron chi connectivity index (χ2n) is 2.89. The largest absolute Gasteiger partial charge is 0.386 e. The van der Waals surface area contributed by atoms with Crippen LogP contribution in [0.3, 0.4) is 0 Å². The highest BCUT2D eigenvalue weighted by molar-refractivity contribution is 5.49. The van der Waals surface area contributed by atoms with Crippen LogP contribution in [-0.2, 0) is 7.05 Å². The smallest absolute Gasteiger partial charge is 0.102 e. The van der Waals surface area contributed by atoms with Gasteiger partial charge >= 0.3 is 0 Å². The Hall–Kier alpha value is -1.35. The fourth-order valence-electron chi connectivity index (χ4n) is 1.21. The van der Waals surface area contributed by atoms with Gasteiger partial charge in [0, 0.05) is 18.8 Å². The Morgan fingerprint density at radius 1 is 1.69 bits per heavy atom. The molecule has 13 heavy (non-hydrogen) atoms. The quantitative estimate of drug-likeness (QED) is 0.712. The van der Waals surface area contributed by atoms with E-state index in [1.54, 1.807) is 16.8 Å². The number of nitrogens with zero attached hydrogens (tertiary/aromatic N) is 2. The Labute approximate surface area is 78.0 Å². The first kappa shape index (κ1) is 9.74. The number of rotatable bonds is 4. The summed E-state index contributed by atoms with van der Waals surface area (Å²) >= 11 is 0. The lowest BCUT2D eigenvalue weighted by atomic mass is 10.1. The maximum absolute atomic E-state index is 9.65. The standard InChI is InChI=1S/C10H14N2O/c1-4-6-9(13)10-8(5-2)7-12(3)11-10/h4-5,7,9,13H,1-2,6H2,3H3. The molecule has 0 aromatic carbocycles. The summed E-state index contributed by atoms with van der Waals surface area (Å²) in [5.41, 5.74) is 1.54. The fraction of sp³-hybridized carbons (Fsp3) is 0.300. The minimum atomic E-state index is -0.577. The van der Waals surface area contributed by atoms with Crippen LogP contribution in [0.25, 0.3) is 6.08 Å². The molecule has 0 saturated heterocycles. The third kappa shape index (κ3) is 2.06. The van der Waals surface area contributed by atoms with Crippen LogP contribution in [0.4, 0.5) is 0 Å². The molecule has 1 aromatic heterocycles. The van der Waals surface area contributed by atoms with Crippen LogP contribution in [0.5, 0.6) is 0 Å². The lowest BCUT2D eigenvalue weighted by Gasteiger charge is -2.04. The lowest BCUT2D eigenvalue weighted by Crippen LogP contribution is -1.99. The first-order chi connectivity index (χ1) is 6.19. The zero-order valence-electron chi connectivity index (χ0n) is 7.77. The van der Waals surface area contributed by atoms with Crippen molar-refractivity contribution in [3.63, 3.8) is 0 Å². The molecule has 0 bridgehead atoms. The molecule has 0 aliphatic rings. The minimum Gasteiger partial charge on any atom is -0.386 e. The zero-order chi connectivity index (χ0) is 9.84. The summed E-state index contributed by atoms with van der Waals surface area (Å²) < 4.78 is 1.67. The summed E-state index contributed by atoms with van der Waals surface area (Å²) in [6, 6.07) is 0. The van der Waals surface area contributed by atoms with Crippen molar-refractivity contribution in [2.75, 3.05) is 0 Å². The number of aromatic nitrogens is 2. The molecule has 0 saturated carbocycles. The maximum atomic E-state index is 9.65. The molecule has 1 heterocycles. The average Bonchev–Trinajstić information content (AvgIpc) is 2.47. The fourth-order valence-corrected chi connectivity index (χ4v) is 1.21. The minimum absolute atomic E-state index is 0.512. The molecule has 1 unspecified atom stereocenters. The Bertz CT molecular complexity index is 315. The number of hydrogen-bond donors (Lipinski definition) is 1. The Kier molecular flexibility index (Phi) is 3.03. The molecule has 0 amide bonds. The van der Waals surface area contributed by atoms with Crippen molar-refractivity contribution in [1.29, 1.82) is 0 Å².